The van der Waals surface area contributed by atoms with E-state index in [-0.39, 0.29) is 12.3 Å². The molecular formula is C19H17F3N4O. The first kappa shape index (κ1) is 17.7. The first-order valence-corrected chi connectivity index (χ1v) is 8.44. The molecule has 0 saturated heterocycles. The summed E-state index contributed by atoms with van der Waals surface area (Å²) in [6.45, 7) is 4.69. The summed E-state index contributed by atoms with van der Waals surface area (Å²) in [7, 11) is 0. The van der Waals surface area contributed by atoms with Gasteiger partial charge in [-0.05, 0) is 43.7 Å². The van der Waals surface area contributed by atoms with E-state index in [0.29, 0.717) is 29.1 Å². The second-order valence-electron chi connectivity index (χ2n) is 7.01. The van der Waals surface area contributed by atoms with Crippen LogP contribution in [0.25, 0.3) is 22.5 Å². The molecule has 0 aliphatic carbocycles. The molecule has 3 aromatic rings. The highest BCUT2D eigenvalue weighted by Gasteiger charge is 2.31. The molecule has 1 aliphatic heterocycles. The molecule has 0 atom stereocenters. The van der Waals surface area contributed by atoms with Crippen LogP contribution in [0.1, 0.15) is 31.7 Å². The van der Waals surface area contributed by atoms with Crippen molar-refractivity contribution < 1.29 is 17.9 Å². The van der Waals surface area contributed by atoms with Crippen molar-refractivity contribution in [1.29, 1.82) is 0 Å². The van der Waals surface area contributed by atoms with Gasteiger partial charge in [-0.25, -0.2) is 13.2 Å². The van der Waals surface area contributed by atoms with E-state index >= 15 is 0 Å². The van der Waals surface area contributed by atoms with E-state index in [1.54, 1.807) is 6.07 Å². The Morgan fingerprint density at radius 1 is 1.19 bits per heavy atom. The Hall–Kier alpha value is -2.74. The van der Waals surface area contributed by atoms with Crippen LogP contribution in [0.3, 0.4) is 0 Å². The van der Waals surface area contributed by atoms with E-state index in [4.69, 9.17) is 4.74 Å². The summed E-state index contributed by atoms with van der Waals surface area (Å²) in [6.07, 6.45) is -0.232. The molecule has 0 N–H and O–H groups in total. The highest BCUT2D eigenvalue weighted by molar-refractivity contribution is 5.81. The van der Waals surface area contributed by atoms with E-state index in [9.17, 15) is 13.2 Å². The molecule has 4 heterocycles. The molecule has 0 unspecified atom stereocenters. The highest BCUT2D eigenvalue weighted by atomic mass is 19.3. The van der Waals surface area contributed by atoms with Crippen molar-refractivity contribution in [3.05, 3.63) is 53.9 Å². The normalized spacial score (nSPS) is 15.8. The molecule has 8 heteroatoms. The molecule has 0 radical (unpaired) electrons. The van der Waals surface area contributed by atoms with Crippen LogP contribution in [0, 0.1) is 5.82 Å². The first-order chi connectivity index (χ1) is 12.8. The zero-order valence-corrected chi connectivity index (χ0v) is 14.8. The number of ether oxygens (including phenoxy) is 1. The second-order valence-corrected chi connectivity index (χ2v) is 7.01. The number of halogens is 3. The third-order valence-corrected chi connectivity index (χ3v) is 4.45. The van der Waals surface area contributed by atoms with Gasteiger partial charge in [-0.2, -0.15) is 5.10 Å². The summed E-state index contributed by atoms with van der Waals surface area (Å²) in [5.41, 5.74) is 2.19. The number of pyridine rings is 2. The first-order valence-electron chi connectivity index (χ1n) is 8.44. The van der Waals surface area contributed by atoms with Crippen LogP contribution in [0.15, 0.2) is 36.7 Å². The summed E-state index contributed by atoms with van der Waals surface area (Å²) in [5.74, 6) is -0.461. The van der Waals surface area contributed by atoms with Crippen molar-refractivity contribution in [2.75, 3.05) is 0 Å². The number of hydrogen-bond acceptors (Lipinski definition) is 4. The standard InChI is InChI=1S/C19H17F3N4O/c1-19(2)10-26-15(9-27-19)16(11-5-6-23-14(7-11)18(21)22)17(25-26)13-4-3-12(20)8-24-13/h3-8,18H,9-10H2,1-2H3. The Morgan fingerprint density at radius 2 is 2.00 bits per heavy atom. The van der Waals surface area contributed by atoms with Crippen molar-refractivity contribution >= 4 is 0 Å². The van der Waals surface area contributed by atoms with Crippen LogP contribution < -0.4 is 0 Å². The number of hydrogen-bond donors (Lipinski definition) is 0. The van der Waals surface area contributed by atoms with Gasteiger partial charge in [-0.15, -0.1) is 0 Å². The largest absolute Gasteiger partial charge is 0.367 e. The van der Waals surface area contributed by atoms with Crippen LogP contribution in [0.2, 0.25) is 0 Å². The maximum atomic E-state index is 13.3. The molecule has 0 amide bonds. The average molecular weight is 374 g/mol. The van der Waals surface area contributed by atoms with E-state index in [0.717, 1.165) is 11.9 Å². The zero-order chi connectivity index (χ0) is 19.2. The Labute approximate surface area is 153 Å². The van der Waals surface area contributed by atoms with Crippen LogP contribution in [0.4, 0.5) is 13.2 Å². The lowest BCUT2D eigenvalue weighted by Crippen LogP contribution is -2.36. The summed E-state index contributed by atoms with van der Waals surface area (Å²) < 4.78 is 47.3. The minimum absolute atomic E-state index is 0.281. The van der Waals surface area contributed by atoms with Gasteiger partial charge in [0.2, 0.25) is 0 Å². The topological polar surface area (TPSA) is 52.8 Å². The second kappa shape index (κ2) is 6.45. The third kappa shape index (κ3) is 3.32. The Bertz CT molecular complexity index is 983. The van der Waals surface area contributed by atoms with Gasteiger partial charge in [-0.3, -0.25) is 14.6 Å². The molecule has 1 aliphatic rings. The minimum Gasteiger partial charge on any atom is -0.367 e. The molecule has 27 heavy (non-hydrogen) atoms. The molecule has 140 valence electrons. The van der Waals surface area contributed by atoms with Gasteiger partial charge in [0.25, 0.3) is 6.43 Å². The van der Waals surface area contributed by atoms with Gasteiger partial charge >= 0.3 is 0 Å². The van der Waals surface area contributed by atoms with Gasteiger partial charge in [0.1, 0.15) is 17.2 Å². The number of nitrogens with zero attached hydrogens (tertiary/aromatic N) is 4. The third-order valence-electron chi connectivity index (χ3n) is 4.45. The smallest absolute Gasteiger partial charge is 0.280 e. The molecule has 0 fully saturated rings. The van der Waals surface area contributed by atoms with Gasteiger partial charge < -0.3 is 4.74 Å². The highest BCUT2D eigenvalue weighted by Crippen LogP contribution is 2.38. The Morgan fingerprint density at radius 3 is 2.70 bits per heavy atom. The summed E-state index contributed by atoms with van der Waals surface area (Å²) in [5, 5.41) is 4.64. The van der Waals surface area contributed by atoms with E-state index < -0.39 is 17.8 Å². The number of fused-ring (bicyclic) bond motifs is 1. The predicted octanol–water partition coefficient (Wildman–Crippen LogP) is 4.39. The van der Waals surface area contributed by atoms with E-state index in [2.05, 4.69) is 15.1 Å². The van der Waals surface area contributed by atoms with Crippen LogP contribution in [-0.2, 0) is 17.9 Å². The van der Waals surface area contributed by atoms with Crippen LogP contribution >= 0.6 is 0 Å². The van der Waals surface area contributed by atoms with Crippen molar-refractivity contribution in [2.24, 2.45) is 0 Å². The average Bonchev–Trinajstić information content (AvgIpc) is 2.99. The fraction of sp³-hybridized carbons (Fsp3) is 0.316. The molecule has 3 aromatic heterocycles. The predicted molar refractivity (Wildman–Crippen MR) is 92.5 cm³/mol. The fourth-order valence-corrected chi connectivity index (χ4v) is 3.17. The quantitative estimate of drug-likeness (QED) is 0.682. The van der Waals surface area contributed by atoms with E-state index in [1.807, 2.05) is 18.5 Å². The van der Waals surface area contributed by atoms with Gasteiger partial charge in [0.15, 0.2) is 0 Å². The molecule has 4 rings (SSSR count). The number of rotatable bonds is 3. The SMILES string of the molecule is CC1(C)Cn2nc(-c3ccc(F)cn3)c(-c3ccnc(C(F)F)c3)c2CO1. The number of alkyl halides is 2. The summed E-state index contributed by atoms with van der Waals surface area (Å²) in [4.78, 5) is 7.84. The Balaban J connectivity index is 1.92. The molecule has 0 spiro atoms. The molecule has 0 aromatic carbocycles. The minimum atomic E-state index is -2.68. The zero-order valence-electron chi connectivity index (χ0n) is 14.8. The van der Waals surface area contributed by atoms with Crippen molar-refractivity contribution in [3.63, 3.8) is 0 Å². The van der Waals surface area contributed by atoms with E-state index in [1.165, 1.54) is 24.4 Å². The maximum absolute atomic E-state index is 13.3. The van der Waals surface area contributed by atoms with Crippen LogP contribution in [0.5, 0.6) is 0 Å². The fourth-order valence-electron chi connectivity index (χ4n) is 3.17. The van der Waals surface area contributed by atoms with Gasteiger partial charge in [0.05, 0.1) is 36.3 Å². The monoisotopic (exact) mass is 374 g/mol. The van der Waals surface area contributed by atoms with Crippen LogP contribution in [-0.4, -0.2) is 25.3 Å². The molecular weight excluding hydrogens is 357 g/mol. The van der Waals surface area contributed by atoms with Crippen molar-refractivity contribution in [3.8, 4) is 22.5 Å². The molecule has 0 bridgehead atoms. The van der Waals surface area contributed by atoms with Gasteiger partial charge in [-0.1, -0.05) is 0 Å². The lowest BCUT2D eigenvalue weighted by molar-refractivity contribution is -0.0657. The van der Waals surface area contributed by atoms with Crippen molar-refractivity contribution in [2.45, 2.75) is 39.0 Å². The van der Waals surface area contributed by atoms with Crippen molar-refractivity contribution in [1.82, 2.24) is 19.7 Å². The molecule has 5 nitrogen and oxygen atoms in total. The maximum Gasteiger partial charge on any atom is 0.280 e. The van der Waals surface area contributed by atoms with Gasteiger partial charge in [0, 0.05) is 11.8 Å². The lowest BCUT2D eigenvalue weighted by Gasteiger charge is -2.31. The summed E-state index contributed by atoms with van der Waals surface area (Å²) in [6, 6.07) is 5.81. The summed E-state index contributed by atoms with van der Waals surface area (Å²) >= 11 is 0. The molecule has 0 saturated carbocycles. The Kier molecular flexibility index (Phi) is 4.22. The number of aromatic nitrogens is 4. The lowest BCUT2D eigenvalue weighted by atomic mass is 10.00.